The number of aliphatic hydroxyl groups is 2. The van der Waals surface area contributed by atoms with Crippen LogP contribution in [0.4, 0.5) is 0 Å². The van der Waals surface area contributed by atoms with Gasteiger partial charge < -0.3 is 40.4 Å². The fourth-order valence-electron chi connectivity index (χ4n) is 5.66. The summed E-state index contributed by atoms with van der Waals surface area (Å²) in [7, 11) is 1.34. The Labute approximate surface area is 231 Å². The molecule has 0 saturated carbocycles. The van der Waals surface area contributed by atoms with Crippen molar-refractivity contribution in [1.82, 2.24) is 0 Å². The second-order valence-corrected chi connectivity index (χ2v) is 10.1. The van der Waals surface area contributed by atoms with Crippen molar-refractivity contribution in [3.63, 3.8) is 0 Å². The molecule has 2 aliphatic carbocycles. The summed E-state index contributed by atoms with van der Waals surface area (Å²) in [5, 5.41) is 44.1. The lowest BCUT2D eigenvalue weighted by atomic mass is 9.72. The number of methoxy groups -OCH3 is 1. The van der Waals surface area contributed by atoms with Gasteiger partial charge in [-0.3, -0.25) is 14.4 Å². The Morgan fingerprint density at radius 1 is 1.10 bits per heavy atom. The molecule has 0 amide bonds. The molecule has 1 heterocycles. The van der Waals surface area contributed by atoms with Crippen LogP contribution in [-0.2, 0) is 20.7 Å². The maximum atomic E-state index is 13.6. The van der Waals surface area contributed by atoms with Gasteiger partial charge in [0.05, 0.1) is 42.1 Å². The van der Waals surface area contributed by atoms with E-state index >= 15 is 0 Å². The van der Waals surface area contributed by atoms with Crippen molar-refractivity contribution in [3.05, 3.63) is 51.6 Å². The topological polar surface area (TPSA) is 186 Å². The molecule has 6 atom stereocenters. The number of aromatic hydroxyl groups is 2. The number of benzene rings is 2. The average molecular weight is 558 g/mol. The van der Waals surface area contributed by atoms with Crippen molar-refractivity contribution in [2.75, 3.05) is 7.11 Å². The Morgan fingerprint density at radius 2 is 1.75 bits per heavy atom. The van der Waals surface area contributed by atoms with E-state index in [4.69, 9.17) is 19.9 Å². The number of carbonyl (C=O) groups excluding carboxylic acids is 3. The maximum absolute atomic E-state index is 13.6. The fourth-order valence-corrected chi connectivity index (χ4v) is 5.66. The summed E-state index contributed by atoms with van der Waals surface area (Å²) in [6.45, 7) is 6.79. The molecule has 1 saturated heterocycles. The van der Waals surface area contributed by atoms with Crippen LogP contribution >= 0.6 is 0 Å². The summed E-state index contributed by atoms with van der Waals surface area (Å²) in [4.78, 5) is 39.6. The van der Waals surface area contributed by atoms with E-state index < -0.39 is 82.6 Å². The van der Waals surface area contributed by atoms with Gasteiger partial charge in [0.25, 0.3) is 0 Å². The molecule has 6 N–H and O–H groups in total. The minimum atomic E-state index is -2.00. The molecule has 6 unspecified atom stereocenters. The lowest BCUT2D eigenvalue weighted by molar-refractivity contribution is -0.247. The first-order valence-electron chi connectivity index (χ1n) is 13.2. The van der Waals surface area contributed by atoms with E-state index in [0.717, 1.165) is 0 Å². The van der Waals surface area contributed by atoms with Crippen LogP contribution in [0, 0.1) is 0 Å². The molecule has 2 aromatic carbocycles. The van der Waals surface area contributed by atoms with Gasteiger partial charge in [-0.15, -0.1) is 0 Å². The van der Waals surface area contributed by atoms with Crippen molar-refractivity contribution >= 4 is 17.3 Å². The second-order valence-electron chi connectivity index (χ2n) is 10.1. The van der Waals surface area contributed by atoms with Crippen molar-refractivity contribution in [2.24, 2.45) is 5.73 Å². The molecule has 2 aromatic rings. The van der Waals surface area contributed by atoms with Crippen LogP contribution in [0.1, 0.15) is 89.6 Å². The van der Waals surface area contributed by atoms with Gasteiger partial charge in [-0.05, 0) is 19.9 Å². The molecule has 0 aromatic heterocycles. The Bertz CT molecular complexity index is 1360. The number of Topliss-reactive ketones (excluding diaryl/α,β-unsaturated/α-hetero) is 1. The third kappa shape index (κ3) is 4.57. The van der Waals surface area contributed by atoms with Crippen LogP contribution in [0.5, 0.6) is 17.2 Å². The third-order valence-corrected chi connectivity index (χ3v) is 7.80. The van der Waals surface area contributed by atoms with E-state index in [1.54, 1.807) is 6.92 Å². The number of aliphatic hydroxyl groups excluding tert-OH is 1. The number of ether oxygens (including phenoxy) is 3. The van der Waals surface area contributed by atoms with Gasteiger partial charge in [0.1, 0.15) is 22.8 Å². The first kappa shape index (κ1) is 29.6. The van der Waals surface area contributed by atoms with Crippen LogP contribution < -0.4 is 10.5 Å². The average Bonchev–Trinajstić information content (AvgIpc) is 2.92. The molecular weight excluding hydrogens is 522 g/mol. The first-order chi connectivity index (χ1) is 18.9. The highest BCUT2D eigenvalue weighted by Crippen LogP contribution is 2.52. The molecule has 5 rings (SSSR count). The number of phenolic OH excluding ortho intramolecular Hbond substituents is 2. The zero-order valence-electron chi connectivity index (χ0n) is 23.1. The van der Waals surface area contributed by atoms with Crippen LogP contribution in [-0.4, -0.2) is 75.0 Å². The molecule has 11 nitrogen and oxygen atoms in total. The second kappa shape index (κ2) is 10.9. The zero-order chi connectivity index (χ0) is 29.7. The largest absolute Gasteiger partial charge is 0.507 e. The Balaban J connectivity index is 0.00000181. The number of phenols is 2. The standard InChI is InChI=1S/C27H29NO10.C2H6/c1-10-22(30)14(28)7-17(37-10)38-16-9-27(35,11(2)29)8-13-19(16)26(34)21-20(24(13)32)23(31)12-5-4-6-15(36-3)18(12)25(21)33;1-2/h4-6,10,14,16-17,22,30,32,34-35H,7-9,28H2,1-3H3;1-2H3. The van der Waals surface area contributed by atoms with E-state index in [1.807, 2.05) is 13.8 Å². The van der Waals surface area contributed by atoms with E-state index in [0.29, 0.717) is 0 Å². The number of rotatable bonds is 4. The lowest BCUT2D eigenvalue weighted by Crippen LogP contribution is -2.52. The van der Waals surface area contributed by atoms with Gasteiger partial charge in [-0.2, -0.15) is 0 Å². The predicted octanol–water partition coefficient (Wildman–Crippen LogP) is 2.06. The molecule has 0 bridgehead atoms. The highest BCUT2D eigenvalue weighted by atomic mass is 16.7. The van der Waals surface area contributed by atoms with E-state index in [9.17, 15) is 34.8 Å². The molecule has 3 aliphatic rings. The third-order valence-electron chi connectivity index (χ3n) is 7.80. The van der Waals surface area contributed by atoms with Crippen molar-refractivity contribution in [2.45, 2.75) is 83.2 Å². The van der Waals surface area contributed by atoms with Gasteiger partial charge in [0.15, 0.2) is 17.9 Å². The minimum absolute atomic E-state index is 0.0147. The maximum Gasteiger partial charge on any atom is 0.202 e. The summed E-state index contributed by atoms with van der Waals surface area (Å²) in [5.74, 6) is -3.18. The van der Waals surface area contributed by atoms with Gasteiger partial charge in [-0.1, -0.05) is 26.0 Å². The molecular formula is C29H35NO10. The van der Waals surface area contributed by atoms with Crippen LogP contribution in [0.3, 0.4) is 0 Å². The molecule has 0 radical (unpaired) electrons. The number of hydrogen-bond donors (Lipinski definition) is 5. The van der Waals surface area contributed by atoms with E-state index in [2.05, 4.69) is 0 Å². The van der Waals surface area contributed by atoms with Crippen LogP contribution in [0.25, 0.3) is 0 Å². The van der Waals surface area contributed by atoms with Gasteiger partial charge >= 0.3 is 0 Å². The summed E-state index contributed by atoms with van der Waals surface area (Å²) in [5.41, 5.74) is 2.97. The highest BCUT2D eigenvalue weighted by Gasteiger charge is 2.49. The van der Waals surface area contributed by atoms with Crippen LogP contribution in [0.15, 0.2) is 18.2 Å². The summed E-state index contributed by atoms with van der Waals surface area (Å²) in [6.07, 6.45) is -4.53. The Hall–Kier alpha value is -3.35. The number of carbonyl (C=O) groups is 3. The smallest absolute Gasteiger partial charge is 0.202 e. The first-order valence-corrected chi connectivity index (χ1v) is 13.2. The fraction of sp³-hybridized carbons (Fsp3) is 0.483. The van der Waals surface area contributed by atoms with E-state index in [1.165, 1.54) is 32.2 Å². The minimum Gasteiger partial charge on any atom is -0.507 e. The number of fused-ring (bicyclic) bond motifs is 3. The molecule has 216 valence electrons. The SMILES string of the molecule is CC.COc1cccc2c1C(=O)c1c(O)c3c(c(O)c1C2=O)CC(O)(C(C)=O)CC3OC1CC(N)C(O)C(C)O1. The lowest BCUT2D eigenvalue weighted by Gasteiger charge is -2.42. The Kier molecular flexibility index (Phi) is 8.08. The van der Waals surface area contributed by atoms with Gasteiger partial charge in [-0.25, -0.2) is 0 Å². The van der Waals surface area contributed by atoms with E-state index in [-0.39, 0.29) is 40.8 Å². The molecule has 0 spiro atoms. The predicted molar refractivity (Wildman–Crippen MR) is 142 cm³/mol. The van der Waals surface area contributed by atoms with Crippen LogP contribution in [0.2, 0.25) is 0 Å². The number of hydrogen-bond acceptors (Lipinski definition) is 11. The molecule has 40 heavy (non-hydrogen) atoms. The van der Waals surface area contributed by atoms with Gasteiger partial charge in [0.2, 0.25) is 5.78 Å². The zero-order valence-corrected chi connectivity index (χ0v) is 23.1. The van der Waals surface area contributed by atoms with Gasteiger partial charge in [0, 0.05) is 42.0 Å². The van der Waals surface area contributed by atoms with Crippen molar-refractivity contribution in [3.8, 4) is 17.2 Å². The monoisotopic (exact) mass is 557 g/mol. The highest BCUT2D eigenvalue weighted by molar-refractivity contribution is 6.31. The molecule has 11 heteroatoms. The number of ketones is 3. The van der Waals surface area contributed by atoms with Crippen molar-refractivity contribution in [1.29, 1.82) is 0 Å². The molecule has 1 fully saturated rings. The summed E-state index contributed by atoms with van der Waals surface area (Å²) >= 11 is 0. The number of nitrogens with two attached hydrogens (primary N) is 1. The summed E-state index contributed by atoms with van der Waals surface area (Å²) < 4.78 is 17.1. The quantitative estimate of drug-likeness (QED) is 0.296. The Morgan fingerprint density at radius 3 is 2.35 bits per heavy atom. The van der Waals surface area contributed by atoms with Crippen molar-refractivity contribution < 1.29 is 49.0 Å². The normalized spacial score (nSPS) is 28.9. The summed E-state index contributed by atoms with van der Waals surface area (Å²) in [6, 6.07) is 3.75. The molecule has 1 aliphatic heterocycles.